The second kappa shape index (κ2) is 9.64. The molecule has 0 amide bonds. The highest BCUT2D eigenvalue weighted by Crippen LogP contribution is 2.34. The molecule has 170 valence electrons. The van der Waals surface area contributed by atoms with Crippen LogP contribution in [0.3, 0.4) is 0 Å². The molecule has 2 aromatic carbocycles. The number of aromatic nitrogens is 3. The number of halogens is 3. The van der Waals surface area contributed by atoms with Crippen LogP contribution in [0, 0.1) is 11.6 Å². The van der Waals surface area contributed by atoms with Crippen molar-refractivity contribution in [3.8, 4) is 0 Å². The minimum absolute atomic E-state index is 0.0338. The molecule has 0 bridgehead atoms. The van der Waals surface area contributed by atoms with Crippen LogP contribution in [0.2, 0.25) is 0 Å². The van der Waals surface area contributed by atoms with Crippen molar-refractivity contribution in [2.45, 2.75) is 44.1 Å². The van der Waals surface area contributed by atoms with Crippen molar-refractivity contribution in [2.75, 3.05) is 18.0 Å². The monoisotopic (exact) mass is 506 g/mol. The van der Waals surface area contributed by atoms with E-state index in [0.29, 0.717) is 0 Å². The average molecular weight is 507 g/mol. The van der Waals surface area contributed by atoms with Gasteiger partial charge >= 0.3 is 0 Å². The zero-order chi connectivity index (χ0) is 22.7. The minimum Gasteiger partial charge on any atom is -0.380 e. The lowest BCUT2D eigenvalue weighted by Crippen LogP contribution is -2.47. The van der Waals surface area contributed by atoms with E-state index in [-0.39, 0.29) is 18.2 Å². The Morgan fingerprint density at radius 2 is 2.00 bits per heavy atom. The third-order valence-corrected chi connectivity index (χ3v) is 6.44. The highest BCUT2D eigenvalue weighted by atomic mass is 79.9. The normalized spacial score (nSPS) is 17.8. The summed E-state index contributed by atoms with van der Waals surface area (Å²) in [5, 5.41) is 15.6. The molecule has 1 saturated heterocycles. The summed E-state index contributed by atoms with van der Waals surface area (Å²) >= 11 is 3.51. The summed E-state index contributed by atoms with van der Waals surface area (Å²) in [6, 6.07) is 11.3. The second-order valence-corrected chi connectivity index (χ2v) is 9.00. The number of ether oxygens (including phenoxy) is 1. The largest absolute Gasteiger partial charge is 0.380 e. The predicted molar refractivity (Wildman–Crippen MR) is 120 cm³/mol. The Morgan fingerprint density at radius 3 is 2.66 bits per heavy atom. The highest BCUT2D eigenvalue weighted by molar-refractivity contribution is 9.10. The van der Waals surface area contributed by atoms with Gasteiger partial charge in [0.25, 0.3) is 0 Å². The van der Waals surface area contributed by atoms with E-state index in [1.54, 1.807) is 6.92 Å². The summed E-state index contributed by atoms with van der Waals surface area (Å²) in [7, 11) is 0. The Labute approximate surface area is 194 Å². The molecular formula is C23H25BrF2N4O2. The fourth-order valence-electron chi connectivity index (χ4n) is 4.16. The van der Waals surface area contributed by atoms with Gasteiger partial charge in [0.15, 0.2) is 0 Å². The van der Waals surface area contributed by atoms with Crippen LogP contribution >= 0.6 is 15.9 Å². The first-order valence-corrected chi connectivity index (χ1v) is 11.3. The molecule has 2 atom stereocenters. The molecule has 6 nitrogen and oxygen atoms in total. The molecule has 1 aliphatic rings. The number of rotatable bonds is 7. The lowest BCUT2D eigenvalue weighted by Gasteiger charge is -2.39. The number of hydrogen-bond acceptors (Lipinski definition) is 5. The van der Waals surface area contributed by atoms with E-state index in [0.717, 1.165) is 48.2 Å². The van der Waals surface area contributed by atoms with Crippen molar-refractivity contribution in [3.05, 3.63) is 76.8 Å². The van der Waals surface area contributed by atoms with E-state index in [1.807, 2.05) is 12.1 Å². The van der Waals surface area contributed by atoms with E-state index in [4.69, 9.17) is 4.74 Å². The Balaban J connectivity index is 1.49. The van der Waals surface area contributed by atoms with Gasteiger partial charge in [-0.05, 0) is 44.0 Å². The summed E-state index contributed by atoms with van der Waals surface area (Å²) in [5.41, 5.74) is -0.650. The molecule has 1 aromatic heterocycles. The first kappa shape index (κ1) is 22.8. The van der Waals surface area contributed by atoms with Crippen molar-refractivity contribution >= 4 is 21.6 Å². The average Bonchev–Trinajstić information content (AvgIpc) is 3.27. The summed E-state index contributed by atoms with van der Waals surface area (Å²) in [4.78, 5) is 6.18. The van der Waals surface area contributed by atoms with Gasteiger partial charge in [-0.25, -0.2) is 18.4 Å². The summed E-state index contributed by atoms with van der Waals surface area (Å²) in [5.74, 6) is -1.53. The summed E-state index contributed by atoms with van der Waals surface area (Å²) < 4.78 is 36.9. The van der Waals surface area contributed by atoms with Crippen LogP contribution in [-0.2, 0) is 16.9 Å². The van der Waals surface area contributed by atoms with E-state index < -0.39 is 23.3 Å². The third-order valence-electron chi connectivity index (χ3n) is 5.95. The second-order valence-electron chi connectivity index (χ2n) is 8.09. The lowest BCUT2D eigenvalue weighted by atomic mass is 9.87. The maximum atomic E-state index is 14.7. The topological polar surface area (TPSA) is 63.4 Å². The molecule has 1 fully saturated rings. The third kappa shape index (κ3) is 5.00. The number of benzene rings is 2. The number of hydrogen-bond donors (Lipinski definition) is 1. The molecule has 3 aromatic rings. The van der Waals surface area contributed by atoms with E-state index in [9.17, 15) is 13.9 Å². The molecule has 1 N–H and O–H groups in total. The van der Waals surface area contributed by atoms with Crippen LogP contribution in [0.4, 0.5) is 14.5 Å². The molecular weight excluding hydrogens is 482 g/mol. The smallest absolute Gasteiger partial charge is 0.138 e. The molecule has 0 radical (unpaired) electrons. The van der Waals surface area contributed by atoms with Crippen LogP contribution in [0.15, 0.2) is 59.6 Å². The maximum absolute atomic E-state index is 14.7. The van der Waals surface area contributed by atoms with Crippen LogP contribution in [0.1, 0.15) is 25.3 Å². The molecule has 0 aliphatic carbocycles. The van der Waals surface area contributed by atoms with Gasteiger partial charge in [-0.2, -0.15) is 5.10 Å². The van der Waals surface area contributed by atoms with Crippen molar-refractivity contribution in [2.24, 2.45) is 0 Å². The van der Waals surface area contributed by atoms with Gasteiger partial charge in [-0.1, -0.05) is 28.1 Å². The molecule has 0 spiro atoms. The quantitative estimate of drug-likeness (QED) is 0.518. The predicted octanol–water partition coefficient (Wildman–Crippen LogP) is 4.28. The van der Waals surface area contributed by atoms with Crippen LogP contribution in [0.25, 0.3) is 0 Å². The molecule has 0 saturated carbocycles. The first-order valence-electron chi connectivity index (χ1n) is 10.5. The van der Waals surface area contributed by atoms with Gasteiger partial charge in [0.05, 0.1) is 18.8 Å². The van der Waals surface area contributed by atoms with Crippen molar-refractivity contribution < 1.29 is 18.6 Å². The van der Waals surface area contributed by atoms with E-state index >= 15 is 0 Å². The molecule has 0 unspecified atom stereocenters. The standard InChI is InChI=1S/C23H25BrF2N4O2/c1-16(32-20-7-9-29(10-8-20)19-4-2-3-17(24)11-19)23(31,13-30-15-27-14-28-30)21-6-5-18(25)12-22(21)26/h2-6,11-12,14-16,20,31H,7-10,13H2,1H3/t16-,23-/m1/s1. The number of nitrogens with zero attached hydrogens (tertiary/aromatic N) is 4. The Hall–Kier alpha value is -2.36. The molecule has 9 heteroatoms. The van der Waals surface area contributed by atoms with Crippen LogP contribution < -0.4 is 4.90 Å². The van der Waals surface area contributed by atoms with Gasteiger partial charge < -0.3 is 14.7 Å². The molecule has 32 heavy (non-hydrogen) atoms. The first-order chi connectivity index (χ1) is 15.3. The van der Waals surface area contributed by atoms with Crippen molar-refractivity contribution in [1.29, 1.82) is 0 Å². The molecule has 1 aliphatic heterocycles. The van der Waals surface area contributed by atoms with Gasteiger partial charge in [-0.15, -0.1) is 0 Å². The van der Waals surface area contributed by atoms with Gasteiger partial charge in [0.1, 0.15) is 29.9 Å². The Morgan fingerprint density at radius 1 is 1.22 bits per heavy atom. The van der Waals surface area contributed by atoms with Crippen molar-refractivity contribution in [3.63, 3.8) is 0 Å². The van der Waals surface area contributed by atoms with Gasteiger partial charge in [0, 0.05) is 34.9 Å². The summed E-state index contributed by atoms with van der Waals surface area (Å²) in [6.45, 7) is 3.24. The number of anilines is 1. The van der Waals surface area contributed by atoms with Crippen LogP contribution in [0.5, 0.6) is 0 Å². The van der Waals surface area contributed by atoms with Gasteiger partial charge in [-0.3, -0.25) is 0 Å². The van der Waals surface area contributed by atoms with E-state index in [2.05, 4.69) is 43.0 Å². The van der Waals surface area contributed by atoms with Crippen LogP contribution in [-0.4, -0.2) is 45.2 Å². The number of aliphatic hydroxyl groups is 1. The molecule has 4 rings (SSSR count). The van der Waals surface area contributed by atoms with Crippen molar-refractivity contribution in [1.82, 2.24) is 14.8 Å². The van der Waals surface area contributed by atoms with E-state index in [1.165, 1.54) is 23.4 Å². The Bertz CT molecular complexity index is 1040. The zero-order valence-electron chi connectivity index (χ0n) is 17.7. The highest BCUT2D eigenvalue weighted by Gasteiger charge is 2.41. The summed E-state index contributed by atoms with van der Waals surface area (Å²) in [6.07, 6.45) is 3.44. The maximum Gasteiger partial charge on any atom is 0.138 e. The fourth-order valence-corrected chi connectivity index (χ4v) is 4.55. The minimum atomic E-state index is -1.76. The SMILES string of the molecule is C[C@@H](OC1CCN(c2cccc(Br)c2)CC1)[C@](O)(Cn1cncn1)c1ccc(F)cc1F. The van der Waals surface area contributed by atoms with Gasteiger partial charge in [0.2, 0.25) is 0 Å². The fraction of sp³-hybridized carbons (Fsp3) is 0.391. The Kier molecular flexibility index (Phi) is 6.88. The lowest BCUT2D eigenvalue weighted by molar-refractivity contribution is -0.145. The number of piperidine rings is 1. The zero-order valence-corrected chi connectivity index (χ0v) is 19.3. The molecule has 2 heterocycles.